The van der Waals surface area contributed by atoms with Gasteiger partial charge in [-0.2, -0.15) is 0 Å². The lowest BCUT2D eigenvalue weighted by Crippen LogP contribution is -2.02. The third-order valence-electron chi connectivity index (χ3n) is 1.32. The van der Waals surface area contributed by atoms with Gasteiger partial charge in [0, 0.05) is 6.04 Å². The van der Waals surface area contributed by atoms with Gasteiger partial charge in [0.1, 0.15) is 0 Å². The van der Waals surface area contributed by atoms with Crippen molar-refractivity contribution in [2.75, 3.05) is 0 Å². The molecule has 0 bridgehead atoms. The van der Waals surface area contributed by atoms with E-state index in [1.54, 1.807) is 0 Å². The predicted molar refractivity (Wildman–Crippen MR) is 31.8 cm³/mol. The molecule has 0 radical (unpaired) electrons. The summed E-state index contributed by atoms with van der Waals surface area (Å²) in [5.74, 6) is 0. The van der Waals surface area contributed by atoms with E-state index in [0.717, 1.165) is 0 Å². The number of rotatable bonds is 0. The standard InChI is InChI=1S/C6H11N/c1-6-4-2-3-5-7-6/h5-6H,2-4H2,1H3/t6-/m0/s1. The lowest BCUT2D eigenvalue weighted by Gasteiger charge is -2.08. The maximum atomic E-state index is 4.20. The normalized spacial score (nSPS) is 30.7. The zero-order chi connectivity index (χ0) is 5.11. The van der Waals surface area contributed by atoms with Crippen LogP contribution in [0.2, 0.25) is 0 Å². The maximum Gasteiger partial charge on any atom is 0.0467 e. The fraction of sp³-hybridized carbons (Fsp3) is 0.833. The molecule has 0 saturated heterocycles. The number of hydrogen-bond donors (Lipinski definition) is 0. The van der Waals surface area contributed by atoms with Crippen molar-refractivity contribution in [2.24, 2.45) is 4.99 Å². The van der Waals surface area contributed by atoms with Gasteiger partial charge in [0.15, 0.2) is 0 Å². The first-order chi connectivity index (χ1) is 3.39. The highest BCUT2D eigenvalue weighted by Gasteiger charge is 1.99. The summed E-state index contributed by atoms with van der Waals surface area (Å²) in [6.07, 6.45) is 5.86. The first kappa shape index (κ1) is 4.82. The van der Waals surface area contributed by atoms with Crippen molar-refractivity contribution in [3.63, 3.8) is 0 Å². The summed E-state index contributed by atoms with van der Waals surface area (Å²) >= 11 is 0. The van der Waals surface area contributed by atoms with E-state index < -0.39 is 0 Å². The Morgan fingerprint density at radius 3 is 2.86 bits per heavy atom. The average molecular weight is 97.2 g/mol. The van der Waals surface area contributed by atoms with Crippen LogP contribution in [0.5, 0.6) is 0 Å². The third kappa shape index (κ3) is 1.30. The lowest BCUT2D eigenvalue weighted by atomic mass is 10.1. The highest BCUT2D eigenvalue weighted by atomic mass is 14.8. The summed E-state index contributed by atoms with van der Waals surface area (Å²) < 4.78 is 0. The Morgan fingerprint density at radius 1 is 1.71 bits per heavy atom. The zero-order valence-corrected chi connectivity index (χ0v) is 4.72. The molecule has 0 aromatic heterocycles. The van der Waals surface area contributed by atoms with Crippen LogP contribution in [0, 0.1) is 0 Å². The molecule has 0 amide bonds. The topological polar surface area (TPSA) is 12.4 Å². The second-order valence-electron chi connectivity index (χ2n) is 2.11. The van der Waals surface area contributed by atoms with E-state index in [9.17, 15) is 0 Å². The van der Waals surface area contributed by atoms with Crippen LogP contribution in [0.15, 0.2) is 4.99 Å². The molecule has 0 saturated carbocycles. The molecular weight excluding hydrogens is 86.1 g/mol. The van der Waals surface area contributed by atoms with Crippen molar-refractivity contribution >= 4 is 6.21 Å². The third-order valence-corrected chi connectivity index (χ3v) is 1.32. The van der Waals surface area contributed by atoms with Crippen LogP contribution < -0.4 is 0 Å². The Morgan fingerprint density at radius 2 is 2.57 bits per heavy atom. The van der Waals surface area contributed by atoms with Gasteiger partial charge in [0.2, 0.25) is 0 Å². The first-order valence-corrected chi connectivity index (χ1v) is 2.91. The summed E-state index contributed by atoms with van der Waals surface area (Å²) in [7, 11) is 0. The number of hydrogen-bond acceptors (Lipinski definition) is 1. The van der Waals surface area contributed by atoms with E-state index in [1.165, 1.54) is 19.3 Å². The van der Waals surface area contributed by atoms with Crippen LogP contribution in [0.1, 0.15) is 26.2 Å². The summed E-state index contributed by atoms with van der Waals surface area (Å²) in [5.41, 5.74) is 0. The molecular formula is C6H11N. The lowest BCUT2D eigenvalue weighted by molar-refractivity contribution is 0.617. The first-order valence-electron chi connectivity index (χ1n) is 2.91. The van der Waals surface area contributed by atoms with Gasteiger partial charge in [-0.1, -0.05) is 0 Å². The summed E-state index contributed by atoms with van der Waals surface area (Å²) in [6.45, 7) is 2.16. The van der Waals surface area contributed by atoms with Crippen molar-refractivity contribution in [3.05, 3.63) is 0 Å². The largest absolute Gasteiger partial charge is 0.295 e. The Hall–Kier alpha value is -0.330. The van der Waals surface area contributed by atoms with Gasteiger partial charge >= 0.3 is 0 Å². The fourth-order valence-electron chi connectivity index (χ4n) is 0.834. The molecule has 1 aliphatic heterocycles. The van der Waals surface area contributed by atoms with Gasteiger partial charge < -0.3 is 0 Å². The van der Waals surface area contributed by atoms with E-state index in [-0.39, 0.29) is 0 Å². The smallest absolute Gasteiger partial charge is 0.0467 e. The van der Waals surface area contributed by atoms with Crippen LogP contribution >= 0.6 is 0 Å². The Kier molecular flexibility index (Phi) is 1.45. The molecule has 1 heterocycles. The van der Waals surface area contributed by atoms with Crippen molar-refractivity contribution in [1.29, 1.82) is 0 Å². The van der Waals surface area contributed by atoms with Crippen molar-refractivity contribution in [1.82, 2.24) is 0 Å². The minimum Gasteiger partial charge on any atom is -0.295 e. The molecule has 1 rings (SSSR count). The van der Waals surface area contributed by atoms with Gasteiger partial charge in [0.05, 0.1) is 0 Å². The molecule has 0 N–H and O–H groups in total. The van der Waals surface area contributed by atoms with Crippen LogP contribution in [0.3, 0.4) is 0 Å². The molecule has 0 aliphatic carbocycles. The fourth-order valence-corrected chi connectivity index (χ4v) is 0.834. The van der Waals surface area contributed by atoms with Crippen molar-refractivity contribution in [3.8, 4) is 0 Å². The average Bonchev–Trinajstić information content (AvgIpc) is 1.69. The molecule has 0 aromatic rings. The monoisotopic (exact) mass is 97.1 g/mol. The molecule has 0 fully saturated rings. The summed E-state index contributed by atoms with van der Waals surface area (Å²) in [5, 5.41) is 0. The Bertz CT molecular complexity index is 76.2. The van der Waals surface area contributed by atoms with E-state index in [1.807, 2.05) is 6.21 Å². The van der Waals surface area contributed by atoms with Crippen LogP contribution in [0.4, 0.5) is 0 Å². The van der Waals surface area contributed by atoms with Gasteiger partial charge in [-0.05, 0) is 32.4 Å². The Balaban J connectivity index is 2.36. The van der Waals surface area contributed by atoms with Gasteiger partial charge in [-0.3, -0.25) is 4.99 Å². The van der Waals surface area contributed by atoms with E-state index in [2.05, 4.69) is 11.9 Å². The summed E-state index contributed by atoms with van der Waals surface area (Å²) in [4.78, 5) is 4.20. The highest BCUT2D eigenvalue weighted by Crippen LogP contribution is 2.07. The minimum atomic E-state index is 0.605. The van der Waals surface area contributed by atoms with Crippen LogP contribution in [-0.2, 0) is 0 Å². The molecule has 1 nitrogen and oxygen atoms in total. The van der Waals surface area contributed by atoms with E-state index in [4.69, 9.17) is 0 Å². The Labute approximate surface area is 44.5 Å². The van der Waals surface area contributed by atoms with Gasteiger partial charge in [-0.15, -0.1) is 0 Å². The SMILES string of the molecule is C[C@H]1CCCC=N1. The van der Waals surface area contributed by atoms with Gasteiger partial charge in [0.25, 0.3) is 0 Å². The maximum absolute atomic E-state index is 4.20. The molecule has 40 valence electrons. The van der Waals surface area contributed by atoms with Gasteiger partial charge in [-0.25, -0.2) is 0 Å². The van der Waals surface area contributed by atoms with Crippen molar-refractivity contribution in [2.45, 2.75) is 32.2 Å². The molecule has 1 atom stereocenters. The van der Waals surface area contributed by atoms with E-state index in [0.29, 0.717) is 6.04 Å². The second-order valence-corrected chi connectivity index (χ2v) is 2.11. The van der Waals surface area contributed by atoms with E-state index >= 15 is 0 Å². The molecule has 1 heteroatoms. The molecule has 7 heavy (non-hydrogen) atoms. The number of aliphatic imine (C=N–C) groups is 1. The predicted octanol–water partition coefficient (Wildman–Crippen LogP) is 1.63. The van der Waals surface area contributed by atoms with Crippen LogP contribution in [-0.4, -0.2) is 12.3 Å². The molecule has 0 aromatic carbocycles. The summed E-state index contributed by atoms with van der Waals surface area (Å²) in [6, 6.07) is 0.605. The highest BCUT2D eigenvalue weighted by molar-refractivity contribution is 5.58. The quantitative estimate of drug-likeness (QED) is 0.435. The number of nitrogens with zero attached hydrogens (tertiary/aromatic N) is 1. The molecule has 0 spiro atoms. The van der Waals surface area contributed by atoms with Crippen LogP contribution in [0.25, 0.3) is 0 Å². The molecule has 1 aliphatic rings. The van der Waals surface area contributed by atoms with Crippen molar-refractivity contribution < 1.29 is 0 Å². The second kappa shape index (κ2) is 2.10. The molecule has 0 unspecified atom stereocenters. The minimum absolute atomic E-state index is 0.605. The zero-order valence-electron chi connectivity index (χ0n) is 4.72.